The molecular weight excluding hydrogens is 416 g/mol. The van der Waals surface area contributed by atoms with E-state index in [0.29, 0.717) is 19.3 Å². The van der Waals surface area contributed by atoms with E-state index in [1.807, 2.05) is 32.8 Å². The van der Waals surface area contributed by atoms with Crippen molar-refractivity contribution in [3.05, 3.63) is 22.7 Å². The Labute approximate surface area is 188 Å². The number of carbonyl (C=O) groups excluding carboxylic acids is 1. The molecule has 180 valence electrons. The second-order valence-corrected chi connectivity index (χ2v) is 9.22. The Morgan fingerprint density at radius 2 is 2.00 bits per heavy atom. The van der Waals surface area contributed by atoms with Crippen LogP contribution in [-0.2, 0) is 19.0 Å². The van der Waals surface area contributed by atoms with Crippen LogP contribution in [0.1, 0.15) is 53.2 Å². The van der Waals surface area contributed by atoms with E-state index in [2.05, 4.69) is 10.3 Å². The summed E-state index contributed by atoms with van der Waals surface area (Å²) < 4.78 is 19.6. The standard InChI is InChI=1S/C22H36N4O6/c1-12(2)21(28)23-17-9-10-26(22(29)24-17)18-8-7-16(13(3)30-18)32-19-11-15(27)20(25(5)6)14(4)31-19/h9-10,12-16,18-20,27H,7-8,11H2,1-6H3,(H,23,24,28,29). The van der Waals surface area contributed by atoms with Gasteiger partial charge < -0.3 is 29.5 Å². The maximum atomic E-state index is 12.5. The lowest BCUT2D eigenvalue weighted by atomic mass is 9.98. The Morgan fingerprint density at radius 1 is 1.28 bits per heavy atom. The van der Waals surface area contributed by atoms with Crippen LogP contribution in [0.2, 0.25) is 0 Å². The van der Waals surface area contributed by atoms with Crippen LogP contribution in [0.4, 0.5) is 5.82 Å². The zero-order valence-corrected chi connectivity index (χ0v) is 19.7. The van der Waals surface area contributed by atoms with Gasteiger partial charge in [-0.05, 0) is 46.9 Å². The Morgan fingerprint density at radius 3 is 2.56 bits per heavy atom. The maximum absolute atomic E-state index is 12.5. The van der Waals surface area contributed by atoms with Gasteiger partial charge in [-0.25, -0.2) is 4.79 Å². The van der Waals surface area contributed by atoms with Crippen molar-refractivity contribution in [2.45, 2.75) is 89.9 Å². The number of rotatable bonds is 6. The molecule has 0 radical (unpaired) electrons. The van der Waals surface area contributed by atoms with Crippen LogP contribution in [0, 0.1) is 5.92 Å². The second kappa shape index (κ2) is 10.4. The molecule has 0 aromatic carbocycles. The molecule has 2 fully saturated rings. The van der Waals surface area contributed by atoms with Gasteiger partial charge in [0, 0.05) is 18.5 Å². The quantitative estimate of drug-likeness (QED) is 0.665. The topological polar surface area (TPSA) is 115 Å². The Bertz CT molecular complexity index is 832. The van der Waals surface area contributed by atoms with E-state index in [4.69, 9.17) is 14.2 Å². The van der Waals surface area contributed by atoms with E-state index < -0.39 is 24.3 Å². The molecule has 1 aromatic heterocycles. The van der Waals surface area contributed by atoms with Crippen molar-refractivity contribution in [2.24, 2.45) is 5.92 Å². The fourth-order valence-electron chi connectivity index (χ4n) is 4.37. The van der Waals surface area contributed by atoms with Crippen molar-refractivity contribution in [2.75, 3.05) is 19.4 Å². The monoisotopic (exact) mass is 452 g/mol. The molecule has 10 nitrogen and oxygen atoms in total. The summed E-state index contributed by atoms with van der Waals surface area (Å²) in [5, 5.41) is 13.1. The minimum Gasteiger partial charge on any atom is -0.391 e. The largest absolute Gasteiger partial charge is 0.391 e. The van der Waals surface area contributed by atoms with Crippen LogP contribution in [0.25, 0.3) is 0 Å². The lowest BCUT2D eigenvalue weighted by Crippen LogP contribution is -2.55. The third-order valence-corrected chi connectivity index (χ3v) is 6.11. The smallest absolute Gasteiger partial charge is 0.351 e. The molecule has 3 rings (SSSR count). The first-order valence-electron chi connectivity index (χ1n) is 11.3. The van der Waals surface area contributed by atoms with Gasteiger partial charge in [0.1, 0.15) is 12.0 Å². The number of nitrogens with zero attached hydrogens (tertiary/aromatic N) is 3. The summed E-state index contributed by atoms with van der Waals surface area (Å²) in [5.74, 6) is -0.170. The summed E-state index contributed by atoms with van der Waals surface area (Å²) in [5.41, 5.74) is -0.481. The molecule has 2 aliphatic heterocycles. The Kier molecular flexibility index (Phi) is 8.05. The third kappa shape index (κ3) is 5.74. The minimum atomic E-state index is -0.536. The fraction of sp³-hybridized carbons (Fsp3) is 0.773. The number of hydrogen-bond donors (Lipinski definition) is 2. The predicted octanol–water partition coefficient (Wildman–Crippen LogP) is 1.35. The number of aliphatic hydroxyl groups is 1. The van der Waals surface area contributed by atoms with Gasteiger partial charge in [-0.2, -0.15) is 4.98 Å². The fourth-order valence-corrected chi connectivity index (χ4v) is 4.37. The average molecular weight is 453 g/mol. The molecule has 0 spiro atoms. The predicted molar refractivity (Wildman–Crippen MR) is 118 cm³/mol. The maximum Gasteiger partial charge on any atom is 0.351 e. The SMILES string of the molecule is CC(C)C(=O)Nc1ccn(C2CCC(OC3CC(O)C(N(C)C)C(C)O3)C(C)O2)c(=O)n1. The van der Waals surface area contributed by atoms with E-state index >= 15 is 0 Å². The first-order valence-corrected chi connectivity index (χ1v) is 11.3. The summed E-state index contributed by atoms with van der Waals surface area (Å²) in [6, 6.07) is 1.52. The molecule has 10 heteroatoms. The highest BCUT2D eigenvalue weighted by molar-refractivity contribution is 5.91. The highest BCUT2D eigenvalue weighted by Crippen LogP contribution is 2.31. The van der Waals surface area contributed by atoms with Crippen molar-refractivity contribution in [3.8, 4) is 0 Å². The molecule has 7 atom stereocenters. The van der Waals surface area contributed by atoms with Crippen molar-refractivity contribution in [1.29, 1.82) is 0 Å². The number of amides is 1. The van der Waals surface area contributed by atoms with Crippen molar-refractivity contribution in [3.63, 3.8) is 0 Å². The molecular formula is C22H36N4O6. The number of hydrogen-bond acceptors (Lipinski definition) is 8. The zero-order valence-electron chi connectivity index (χ0n) is 19.7. The van der Waals surface area contributed by atoms with Gasteiger partial charge in [-0.3, -0.25) is 9.36 Å². The first-order chi connectivity index (χ1) is 15.1. The first kappa shape index (κ1) is 24.8. The molecule has 2 aliphatic rings. The number of ether oxygens (including phenoxy) is 3. The highest BCUT2D eigenvalue weighted by Gasteiger charge is 2.40. The second-order valence-electron chi connectivity index (χ2n) is 9.22. The molecule has 7 unspecified atom stereocenters. The van der Waals surface area contributed by atoms with E-state index in [1.54, 1.807) is 26.1 Å². The molecule has 1 amide bonds. The number of aromatic nitrogens is 2. The molecule has 32 heavy (non-hydrogen) atoms. The number of carbonyl (C=O) groups is 1. The van der Waals surface area contributed by atoms with Gasteiger partial charge in [0.05, 0.1) is 30.5 Å². The third-order valence-electron chi connectivity index (χ3n) is 6.11. The van der Waals surface area contributed by atoms with E-state index in [-0.39, 0.29) is 42.0 Å². The number of anilines is 1. The van der Waals surface area contributed by atoms with Crippen LogP contribution in [-0.4, -0.2) is 76.3 Å². The summed E-state index contributed by atoms with van der Waals surface area (Å²) in [6.07, 6.45) is 1.08. The van der Waals surface area contributed by atoms with Crippen LogP contribution in [0.15, 0.2) is 17.1 Å². The zero-order chi connectivity index (χ0) is 23.6. The lowest BCUT2D eigenvalue weighted by Gasteiger charge is -2.43. The summed E-state index contributed by atoms with van der Waals surface area (Å²) in [7, 11) is 3.85. The van der Waals surface area contributed by atoms with E-state index in [9.17, 15) is 14.7 Å². The average Bonchev–Trinajstić information content (AvgIpc) is 2.69. The number of aliphatic hydroxyl groups excluding tert-OH is 1. The number of likely N-dealkylation sites (N-methyl/N-ethyl adjacent to an activating group) is 1. The molecule has 0 aliphatic carbocycles. The van der Waals surface area contributed by atoms with Crippen molar-refractivity contribution in [1.82, 2.24) is 14.5 Å². The van der Waals surface area contributed by atoms with E-state index in [1.165, 1.54) is 4.57 Å². The molecule has 3 heterocycles. The lowest BCUT2D eigenvalue weighted by molar-refractivity contribution is -0.273. The normalized spacial score (nSPS) is 33.5. The molecule has 2 N–H and O–H groups in total. The van der Waals surface area contributed by atoms with Crippen molar-refractivity contribution < 1.29 is 24.1 Å². The molecule has 1 aromatic rings. The van der Waals surface area contributed by atoms with Gasteiger partial charge >= 0.3 is 5.69 Å². The minimum absolute atomic E-state index is 0.0769. The Balaban J connectivity index is 1.58. The van der Waals surface area contributed by atoms with Crippen LogP contribution >= 0.6 is 0 Å². The van der Waals surface area contributed by atoms with Crippen molar-refractivity contribution >= 4 is 11.7 Å². The summed E-state index contributed by atoms with van der Waals surface area (Å²) in [4.78, 5) is 30.2. The van der Waals surface area contributed by atoms with Gasteiger partial charge in [-0.1, -0.05) is 13.8 Å². The van der Waals surface area contributed by atoms with E-state index in [0.717, 1.165) is 0 Å². The highest BCUT2D eigenvalue weighted by atomic mass is 16.7. The van der Waals surface area contributed by atoms with Gasteiger partial charge in [0.2, 0.25) is 5.91 Å². The van der Waals surface area contributed by atoms with Crippen LogP contribution < -0.4 is 11.0 Å². The van der Waals surface area contributed by atoms with Gasteiger partial charge in [-0.15, -0.1) is 0 Å². The summed E-state index contributed by atoms with van der Waals surface area (Å²) >= 11 is 0. The molecule has 2 saturated heterocycles. The summed E-state index contributed by atoms with van der Waals surface area (Å²) in [6.45, 7) is 7.38. The molecule has 0 bridgehead atoms. The van der Waals surface area contributed by atoms with Crippen LogP contribution in [0.5, 0.6) is 0 Å². The molecule has 0 saturated carbocycles. The Hall–Kier alpha value is -1.85. The van der Waals surface area contributed by atoms with Gasteiger partial charge in [0.25, 0.3) is 0 Å². The van der Waals surface area contributed by atoms with Gasteiger partial charge in [0.15, 0.2) is 6.29 Å². The number of nitrogens with one attached hydrogen (secondary N) is 1. The van der Waals surface area contributed by atoms with Crippen LogP contribution in [0.3, 0.4) is 0 Å².